The quantitative estimate of drug-likeness (QED) is 0.513. The molecule has 4 rings (SSSR count). The summed E-state index contributed by atoms with van der Waals surface area (Å²) >= 11 is 0. The molecule has 1 amide bonds. The second-order valence-electron chi connectivity index (χ2n) is 7.29. The lowest BCUT2D eigenvalue weighted by molar-refractivity contribution is -0.141. The molecule has 0 spiro atoms. The van der Waals surface area contributed by atoms with Crippen molar-refractivity contribution in [2.75, 3.05) is 0 Å². The van der Waals surface area contributed by atoms with Gasteiger partial charge in [0.25, 0.3) is 11.7 Å². The van der Waals surface area contributed by atoms with E-state index in [1.54, 1.807) is 41.6 Å². The van der Waals surface area contributed by atoms with E-state index in [4.69, 9.17) is 0 Å². The number of nitrogens with zero attached hydrogens (tertiary/aromatic N) is 2. The zero-order chi connectivity index (χ0) is 19.0. The summed E-state index contributed by atoms with van der Waals surface area (Å²) in [5.74, 6) is -1.24. The first-order valence-electron chi connectivity index (χ1n) is 9.35. The van der Waals surface area contributed by atoms with Crippen LogP contribution in [0.1, 0.15) is 48.4 Å². The predicted molar refractivity (Wildman–Crippen MR) is 102 cm³/mol. The molecule has 1 unspecified atom stereocenters. The Bertz CT molecular complexity index is 897. The monoisotopic (exact) mass is 362 g/mol. The number of aliphatic hydroxyl groups excluding tert-OH is 1. The molecule has 1 aromatic carbocycles. The lowest BCUT2D eigenvalue weighted by Gasteiger charge is -2.30. The van der Waals surface area contributed by atoms with Crippen molar-refractivity contribution in [3.05, 3.63) is 71.1 Å². The van der Waals surface area contributed by atoms with Gasteiger partial charge in [0.2, 0.25) is 0 Å². The Labute approximate surface area is 158 Å². The Balaban J connectivity index is 1.87. The number of rotatable bonds is 3. The number of likely N-dealkylation sites (tertiary alicyclic amines) is 1. The van der Waals surface area contributed by atoms with Crippen LogP contribution < -0.4 is 0 Å². The van der Waals surface area contributed by atoms with Gasteiger partial charge in [-0.2, -0.15) is 0 Å². The highest BCUT2D eigenvalue weighted by Gasteiger charge is 2.49. The average Bonchev–Trinajstić information content (AvgIpc) is 3.30. The van der Waals surface area contributed by atoms with Crippen molar-refractivity contribution in [1.82, 2.24) is 9.88 Å². The Morgan fingerprint density at radius 1 is 1.04 bits per heavy atom. The number of carbonyl (C=O) groups excluding carboxylic acids is 2. The number of hydrogen-bond donors (Lipinski definition) is 1. The van der Waals surface area contributed by atoms with Crippen LogP contribution >= 0.6 is 0 Å². The van der Waals surface area contributed by atoms with E-state index >= 15 is 0 Å². The van der Waals surface area contributed by atoms with Crippen LogP contribution in [0.5, 0.6) is 0 Å². The van der Waals surface area contributed by atoms with E-state index in [2.05, 4.69) is 4.98 Å². The number of aryl methyl sites for hydroxylation is 1. The molecule has 5 heteroatoms. The summed E-state index contributed by atoms with van der Waals surface area (Å²) < 4.78 is 0. The molecule has 2 aromatic rings. The van der Waals surface area contributed by atoms with Crippen molar-refractivity contribution in [1.29, 1.82) is 0 Å². The molecule has 2 heterocycles. The second kappa shape index (κ2) is 6.99. The third kappa shape index (κ3) is 3.03. The topological polar surface area (TPSA) is 70.5 Å². The van der Waals surface area contributed by atoms with Gasteiger partial charge in [0.1, 0.15) is 5.76 Å². The lowest BCUT2D eigenvalue weighted by Crippen LogP contribution is -2.37. The maximum atomic E-state index is 12.9. The molecule has 1 N–H and O–H groups in total. The van der Waals surface area contributed by atoms with Gasteiger partial charge in [0.05, 0.1) is 11.6 Å². The van der Waals surface area contributed by atoms with Crippen LogP contribution in [-0.4, -0.2) is 32.7 Å². The normalized spacial score (nSPS) is 22.6. The van der Waals surface area contributed by atoms with Gasteiger partial charge in [-0.25, -0.2) is 0 Å². The number of amides is 1. The summed E-state index contributed by atoms with van der Waals surface area (Å²) in [6.07, 6.45) is 7.17. The van der Waals surface area contributed by atoms with Gasteiger partial charge in [-0.1, -0.05) is 42.7 Å². The summed E-state index contributed by atoms with van der Waals surface area (Å²) in [5, 5.41) is 11.0. The van der Waals surface area contributed by atoms with E-state index in [1.807, 2.05) is 19.1 Å². The minimum atomic E-state index is -0.609. The first-order valence-corrected chi connectivity index (χ1v) is 9.35. The molecule has 27 heavy (non-hydrogen) atoms. The van der Waals surface area contributed by atoms with Crippen LogP contribution in [0, 0.1) is 6.92 Å². The standard InChI is InChI=1S/C22H22N2O3/c1-14-6-8-16(9-7-14)20(25)18-19(15-10-12-23-13-11-15)24(22(27)21(18)26)17-4-2-3-5-17/h6-13,17,19,25H,2-5H2,1H3/b20-18-. The summed E-state index contributed by atoms with van der Waals surface area (Å²) in [5.41, 5.74) is 2.57. The van der Waals surface area contributed by atoms with Crippen molar-refractivity contribution in [2.24, 2.45) is 0 Å². The fourth-order valence-electron chi connectivity index (χ4n) is 4.15. The molecule has 1 saturated heterocycles. The first kappa shape index (κ1) is 17.5. The second-order valence-corrected chi connectivity index (χ2v) is 7.29. The molecule has 5 nitrogen and oxygen atoms in total. The fourth-order valence-corrected chi connectivity index (χ4v) is 4.15. The molecule has 0 bridgehead atoms. The van der Waals surface area contributed by atoms with Gasteiger partial charge in [-0.3, -0.25) is 14.6 Å². The molecule has 138 valence electrons. The largest absolute Gasteiger partial charge is 0.507 e. The minimum Gasteiger partial charge on any atom is -0.507 e. The summed E-state index contributed by atoms with van der Waals surface area (Å²) in [6.45, 7) is 1.96. The third-order valence-electron chi connectivity index (χ3n) is 5.55. The third-order valence-corrected chi connectivity index (χ3v) is 5.55. The van der Waals surface area contributed by atoms with Gasteiger partial charge in [0.15, 0.2) is 0 Å². The number of hydrogen-bond acceptors (Lipinski definition) is 4. The minimum absolute atomic E-state index is 0.0305. The van der Waals surface area contributed by atoms with Crippen LogP contribution in [0.15, 0.2) is 54.4 Å². The van der Waals surface area contributed by atoms with Crippen molar-refractivity contribution in [2.45, 2.75) is 44.7 Å². The smallest absolute Gasteiger partial charge is 0.295 e. The molecule has 1 aliphatic carbocycles. The zero-order valence-corrected chi connectivity index (χ0v) is 15.3. The number of benzene rings is 1. The van der Waals surface area contributed by atoms with Crippen LogP contribution in [0.3, 0.4) is 0 Å². The summed E-state index contributed by atoms with van der Waals surface area (Å²) in [4.78, 5) is 31.5. The van der Waals surface area contributed by atoms with Gasteiger partial charge in [-0.15, -0.1) is 0 Å². The van der Waals surface area contributed by atoms with Crippen LogP contribution in [0.25, 0.3) is 5.76 Å². The molecule has 1 saturated carbocycles. The van der Waals surface area contributed by atoms with E-state index in [1.165, 1.54) is 0 Å². The fraction of sp³-hybridized carbons (Fsp3) is 0.318. The van der Waals surface area contributed by atoms with E-state index in [9.17, 15) is 14.7 Å². The van der Waals surface area contributed by atoms with Crippen molar-refractivity contribution in [3.63, 3.8) is 0 Å². The zero-order valence-electron chi connectivity index (χ0n) is 15.3. The molecule has 1 atom stereocenters. The first-order chi connectivity index (χ1) is 13.1. The number of aromatic nitrogens is 1. The highest BCUT2D eigenvalue weighted by atomic mass is 16.3. The van der Waals surface area contributed by atoms with Gasteiger partial charge in [-0.05, 0) is 37.5 Å². The molecule has 0 radical (unpaired) electrons. The van der Waals surface area contributed by atoms with Crippen molar-refractivity contribution >= 4 is 17.4 Å². The Morgan fingerprint density at radius 3 is 2.30 bits per heavy atom. The molecule has 2 aliphatic rings. The van der Waals surface area contributed by atoms with Crippen LogP contribution in [-0.2, 0) is 9.59 Å². The number of pyridine rings is 1. The van der Waals surface area contributed by atoms with Gasteiger partial charge >= 0.3 is 0 Å². The predicted octanol–water partition coefficient (Wildman–Crippen LogP) is 3.75. The van der Waals surface area contributed by atoms with E-state index < -0.39 is 17.7 Å². The molecule has 1 aromatic heterocycles. The maximum absolute atomic E-state index is 12.9. The van der Waals surface area contributed by atoms with Crippen molar-refractivity contribution in [3.8, 4) is 0 Å². The molecular formula is C22H22N2O3. The number of Topliss-reactive ketones (excluding diaryl/α,β-unsaturated/α-hetero) is 1. The van der Waals surface area contributed by atoms with Crippen LogP contribution in [0.4, 0.5) is 0 Å². The number of aliphatic hydroxyl groups is 1. The molecular weight excluding hydrogens is 340 g/mol. The van der Waals surface area contributed by atoms with E-state index in [-0.39, 0.29) is 17.4 Å². The molecule has 1 aliphatic heterocycles. The molecule has 2 fully saturated rings. The Morgan fingerprint density at radius 2 is 1.67 bits per heavy atom. The highest BCUT2D eigenvalue weighted by molar-refractivity contribution is 6.46. The summed E-state index contributed by atoms with van der Waals surface area (Å²) in [7, 11) is 0. The Hall–Kier alpha value is -2.95. The van der Waals surface area contributed by atoms with Crippen molar-refractivity contribution < 1.29 is 14.7 Å². The van der Waals surface area contributed by atoms with Gasteiger partial charge in [0, 0.05) is 24.0 Å². The van der Waals surface area contributed by atoms with Gasteiger partial charge < -0.3 is 10.0 Å². The number of carbonyl (C=O) groups is 2. The average molecular weight is 362 g/mol. The highest BCUT2D eigenvalue weighted by Crippen LogP contribution is 2.43. The maximum Gasteiger partial charge on any atom is 0.295 e. The van der Waals surface area contributed by atoms with E-state index in [0.29, 0.717) is 5.56 Å². The Kier molecular flexibility index (Phi) is 4.52. The van der Waals surface area contributed by atoms with E-state index in [0.717, 1.165) is 36.8 Å². The summed E-state index contributed by atoms with van der Waals surface area (Å²) in [6, 6.07) is 10.4. The number of ketones is 1. The van der Waals surface area contributed by atoms with Crippen LogP contribution in [0.2, 0.25) is 0 Å². The SMILES string of the molecule is Cc1ccc(/C(O)=C2/C(=O)C(=O)N(C3CCCC3)C2c2ccncc2)cc1. The lowest BCUT2D eigenvalue weighted by atomic mass is 9.95.